The van der Waals surface area contributed by atoms with Gasteiger partial charge in [-0.3, -0.25) is 14.5 Å². The number of nitrogens with zero attached hydrogens (tertiary/aromatic N) is 5. The minimum absolute atomic E-state index is 0.0174. The van der Waals surface area contributed by atoms with E-state index in [9.17, 15) is 9.90 Å². The zero-order chi connectivity index (χ0) is 20.8. The quantitative estimate of drug-likeness (QED) is 0.608. The number of amides is 1. The standard InChI is InChI=1S/C21H24N6O3/c28-14-20-17(24-21(29)18-12-22-9-10-23-18)7-6-16(30-20)8-11-27-13-19(25-26-27)15-4-2-1-3-5-15/h1-5,9-10,12-13,16-17,20,28H,6-8,11,14H2,(H,24,29)/t16-,17-,20+/m0/s1. The molecule has 3 aromatic rings. The van der Waals surface area contributed by atoms with E-state index in [-0.39, 0.29) is 30.4 Å². The lowest BCUT2D eigenvalue weighted by Gasteiger charge is -2.36. The summed E-state index contributed by atoms with van der Waals surface area (Å²) >= 11 is 0. The molecule has 9 heteroatoms. The Morgan fingerprint density at radius 1 is 1.23 bits per heavy atom. The van der Waals surface area contributed by atoms with E-state index in [1.165, 1.54) is 18.6 Å². The molecule has 3 atom stereocenters. The fraction of sp³-hybridized carbons (Fsp3) is 0.381. The monoisotopic (exact) mass is 408 g/mol. The summed E-state index contributed by atoms with van der Waals surface area (Å²) in [6, 6.07) is 9.64. The van der Waals surface area contributed by atoms with Crippen molar-refractivity contribution in [3.05, 3.63) is 60.8 Å². The molecule has 0 radical (unpaired) electrons. The van der Waals surface area contributed by atoms with E-state index in [1.54, 1.807) is 0 Å². The number of rotatable bonds is 7. The van der Waals surface area contributed by atoms with Gasteiger partial charge in [-0.25, -0.2) is 4.98 Å². The van der Waals surface area contributed by atoms with Crippen LogP contribution in [0.25, 0.3) is 11.3 Å². The SMILES string of the molecule is O=C(N[C@H]1CC[C@@H](CCn2cc(-c3ccccc3)nn2)O[C@@H]1CO)c1cnccn1. The van der Waals surface area contributed by atoms with Gasteiger partial charge in [0.15, 0.2) is 0 Å². The van der Waals surface area contributed by atoms with Crippen LogP contribution in [0.2, 0.25) is 0 Å². The molecule has 1 aromatic carbocycles. The molecule has 30 heavy (non-hydrogen) atoms. The highest BCUT2D eigenvalue weighted by atomic mass is 16.5. The van der Waals surface area contributed by atoms with Crippen molar-refractivity contribution in [2.75, 3.05) is 6.61 Å². The van der Waals surface area contributed by atoms with Crippen molar-refractivity contribution in [2.45, 2.75) is 44.1 Å². The Bertz CT molecular complexity index is 950. The van der Waals surface area contributed by atoms with Crippen LogP contribution in [0.1, 0.15) is 29.8 Å². The summed E-state index contributed by atoms with van der Waals surface area (Å²) in [7, 11) is 0. The third kappa shape index (κ3) is 4.87. The molecule has 2 N–H and O–H groups in total. The van der Waals surface area contributed by atoms with Crippen molar-refractivity contribution in [1.29, 1.82) is 0 Å². The normalized spacial score (nSPS) is 21.3. The molecule has 0 aliphatic carbocycles. The summed E-state index contributed by atoms with van der Waals surface area (Å²) in [4.78, 5) is 20.2. The summed E-state index contributed by atoms with van der Waals surface area (Å²) in [6.07, 6.45) is 8.09. The maximum absolute atomic E-state index is 12.3. The van der Waals surface area contributed by atoms with Gasteiger partial charge in [0.2, 0.25) is 0 Å². The number of hydrogen-bond acceptors (Lipinski definition) is 7. The van der Waals surface area contributed by atoms with Crippen molar-refractivity contribution in [1.82, 2.24) is 30.3 Å². The van der Waals surface area contributed by atoms with Gasteiger partial charge in [0.25, 0.3) is 5.91 Å². The summed E-state index contributed by atoms with van der Waals surface area (Å²) in [5.74, 6) is -0.315. The summed E-state index contributed by atoms with van der Waals surface area (Å²) in [6.45, 7) is 0.503. The Morgan fingerprint density at radius 3 is 2.87 bits per heavy atom. The van der Waals surface area contributed by atoms with Crippen molar-refractivity contribution in [3.63, 3.8) is 0 Å². The number of carbonyl (C=O) groups is 1. The van der Waals surface area contributed by atoms with Crippen LogP contribution < -0.4 is 5.32 Å². The molecule has 0 bridgehead atoms. The van der Waals surface area contributed by atoms with Crippen molar-refractivity contribution in [2.24, 2.45) is 0 Å². The topological polar surface area (TPSA) is 115 Å². The number of aliphatic hydroxyl groups is 1. The zero-order valence-electron chi connectivity index (χ0n) is 16.5. The highest BCUT2D eigenvalue weighted by Crippen LogP contribution is 2.23. The molecule has 1 aliphatic rings. The first-order valence-corrected chi connectivity index (χ1v) is 10.0. The van der Waals surface area contributed by atoms with Crippen LogP contribution in [0.4, 0.5) is 0 Å². The van der Waals surface area contributed by atoms with Crippen molar-refractivity contribution < 1.29 is 14.6 Å². The minimum atomic E-state index is -0.458. The summed E-state index contributed by atoms with van der Waals surface area (Å²) in [5.41, 5.74) is 2.11. The lowest BCUT2D eigenvalue weighted by molar-refractivity contribution is -0.0912. The smallest absolute Gasteiger partial charge is 0.271 e. The first kappa shape index (κ1) is 20.1. The van der Waals surface area contributed by atoms with Gasteiger partial charge in [0.05, 0.1) is 31.1 Å². The van der Waals surface area contributed by atoms with Gasteiger partial charge in [0, 0.05) is 24.5 Å². The fourth-order valence-electron chi connectivity index (χ4n) is 3.59. The molecule has 9 nitrogen and oxygen atoms in total. The van der Waals surface area contributed by atoms with E-state index in [1.807, 2.05) is 41.2 Å². The molecule has 156 valence electrons. The predicted octanol–water partition coefficient (Wildman–Crippen LogP) is 1.46. The van der Waals surface area contributed by atoms with Gasteiger partial charge in [0.1, 0.15) is 17.5 Å². The van der Waals surface area contributed by atoms with Crippen LogP contribution in [-0.4, -0.2) is 60.8 Å². The van der Waals surface area contributed by atoms with Gasteiger partial charge in [-0.1, -0.05) is 35.5 Å². The molecule has 1 aliphatic heterocycles. The predicted molar refractivity (Wildman–Crippen MR) is 108 cm³/mol. The minimum Gasteiger partial charge on any atom is -0.394 e. The molecule has 1 amide bonds. The molecule has 0 saturated carbocycles. The molecule has 2 aromatic heterocycles. The first-order chi connectivity index (χ1) is 14.7. The number of aliphatic hydroxyl groups excluding tert-OH is 1. The highest BCUT2D eigenvalue weighted by Gasteiger charge is 2.32. The second-order valence-corrected chi connectivity index (χ2v) is 7.25. The van der Waals surface area contributed by atoms with Crippen LogP contribution in [0.5, 0.6) is 0 Å². The Balaban J connectivity index is 1.29. The number of aryl methyl sites for hydroxylation is 1. The van der Waals surface area contributed by atoms with E-state index in [0.29, 0.717) is 13.0 Å². The van der Waals surface area contributed by atoms with Gasteiger partial charge in [-0.15, -0.1) is 5.10 Å². The molecular formula is C21H24N6O3. The second-order valence-electron chi connectivity index (χ2n) is 7.25. The van der Waals surface area contributed by atoms with Crippen molar-refractivity contribution in [3.8, 4) is 11.3 Å². The van der Waals surface area contributed by atoms with Gasteiger partial charge in [-0.2, -0.15) is 0 Å². The zero-order valence-corrected chi connectivity index (χ0v) is 16.5. The maximum Gasteiger partial charge on any atom is 0.271 e. The van der Waals surface area contributed by atoms with Gasteiger partial charge < -0.3 is 15.2 Å². The molecule has 0 unspecified atom stereocenters. The van der Waals surface area contributed by atoms with Gasteiger partial charge >= 0.3 is 0 Å². The Kier molecular flexibility index (Phi) is 6.41. The molecule has 4 rings (SSSR count). The van der Waals surface area contributed by atoms with Crippen LogP contribution in [0.3, 0.4) is 0 Å². The van der Waals surface area contributed by atoms with E-state index in [0.717, 1.165) is 24.1 Å². The average Bonchev–Trinajstić information content (AvgIpc) is 3.28. The van der Waals surface area contributed by atoms with Crippen LogP contribution >= 0.6 is 0 Å². The second kappa shape index (κ2) is 9.55. The molecule has 1 fully saturated rings. The molecular weight excluding hydrogens is 384 g/mol. The van der Waals surface area contributed by atoms with E-state index in [2.05, 4.69) is 25.6 Å². The molecule has 3 heterocycles. The van der Waals surface area contributed by atoms with Crippen molar-refractivity contribution >= 4 is 5.91 Å². The number of benzene rings is 1. The average molecular weight is 408 g/mol. The Labute approximate surface area is 174 Å². The van der Waals surface area contributed by atoms with Crippen LogP contribution in [-0.2, 0) is 11.3 Å². The first-order valence-electron chi connectivity index (χ1n) is 10.0. The highest BCUT2D eigenvalue weighted by molar-refractivity contribution is 5.92. The largest absolute Gasteiger partial charge is 0.394 e. The third-order valence-electron chi connectivity index (χ3n) is 5.20. The molecule has 1 saturated heterocycles. The van der Waals surface area contributed by atoms with E-state index < -0.39 is 6.10 Å². The summed E-state index contributed by atoms with van der Waals surface area (Å²) < 4.78 is 7.84. The lowest BCUT2D eigenvalue weighted by Crippen LogP contribution is -2.51. The number of ether oxygens (including phenoxy) is 1. The Hall–Kier alpha value is -3.17. The number of aromatic nitrogens is 5. The number of hydrogen-bond donors (Lipinski definition) is 2. The number of carbonyl (C=O) groups excluding carboxylic acids is 1. The molecule has 0 spiro atoms. The lowest BCUT2D eigenvalue weighted by atomic mass is 9.97. The van der Waals surface area contributed by atoms with Crippen LogP contribution in [0.15, 0.2) is 55.1 Å². The van der Waals surface area contributed by atoms with Crippen LogP contribution in [0, 0.1) is 0 Å². The van der Waals surface area contributed by atoms with Gasteiger partial charge in [-0.05, 0) is 19.3 Å². The fourth-order valence-corrected chi connectivity index (χ4v) is 3.59. The van der Waals surface area contributed by atoms with E-state index >= 15 is 0 Å². The van der Waals surface area contributed by atoms with E-state index in [4.69, 9.17) is 4.74 Å². The maximum atomic E-state index is 12.3. The third-order valence-corrected chi connectivity index (χ3v) is 5.20. The Morgan fingerprint density at radius 2 is 2.10 bits per heavy atom. The summed E-state index contributed by atoms with van der Waals surface area (Å²) in [5, 5.41) is 21.1. The number of nitrogens with one attached hydrogen (secondary N) is 1.